The number of rotatable bonds is 5. The fourth-order valence-electron chi connectivity index (χ4n) is 5.66. The number of carbonyl (C=O) groups excluding carboxylic acids is 3. The third kappa shape index (κ3) is 7.91. The Morgan fingerprint density at radius 2 is 1.56 bits per heavy atom. The van der Waals surface area contributed by atoms with Crippen LogP contribution in [0.1, 0.15) is 89.3 Å². The third-order valence-corrected chi connectivity index (χ3v) is 7.77. The molecule has 0 aromatic carbocycles. The number of carbonyl (C=O) groups is 3. The van der Waals surface area contributed by atoms with Crippen LogP contribution in [0.5, 0.6) is 5.88 Å². The lowest BCUT2D eigenvalue weighted by atomic mass is 10.1. The van der Waals surface area contributed by atoms with Crippen molar-refractivity contribution < 1.29 is 28.6 Å². The molecule has 3 aromatic heterocycles. The molecule has 0 spiro atoms. The summed E-state index contributed by atoms with van der Waals surface area (Å²) < 4.78 is 18.9. The summed E-state index contributed by atoms with van der Waals surface area (Å²) in [4.78, 5) is 51.6. The molecular weight excluding hydrogens is 576 g/mol. The first-order valence-electron chi connectivity index (χ1n) is 15.5. The summed E-state index contributed by atoms with van der Waals surface area (Å²) in [7, 11) is 2.05. The van der Waals surface area contributed by atoms with E-state index in [0.717, 1.165) is 30.5 Å². The quantitative estimate of drug-likeness (QED) is 0.365. The highest BCUT2D eigenvalue weighted by molar-refractivity contribution is 6.04. The normalized spacial score (nSPS) is 18.2. The van der Waals surface area contributed by atoms with E-state index in [1.165, 1.54) is 6.20 Å². The maximum absolute atomic E-state index is 13.4. The Morgan fingerprint density at radius 3 is 2.16 bits per heavy atom. The van der Waals surface area contributed by atoms with E-state index in [1.54, 1.807) is 33.9 Å². The van der Waals surface area contributed by atoms with E-state index in [4.69, 9.17) is 14.2 Å². The smallest absolute Gasteiger partial charge is 0.419 e. The van der Waals surface area contributed by atoms with Gasteiger partial charge in [-0.05, 0) is 80.1 Å². The van der Waals surface area contributed by atoms with Crippen LogP contribution in [0.4, 0.5) is 15.4 Å². The van der Waals surface area contributed by atoms with Crippen molar-refractivity contribution in [3.63, 3.8) is 0 Å². The van der Waals surface area contributed by atoms with Gasteiger partial charge in [0.05, 0.1) is 17.1 Å². The Labute approximate surface area is 264 Å². The van der Waals surface area contributed by atoms with E-state index in [-0.39, 0.29) is 18.2 Å². The van der Waals surface area contributed by atoms with E-state index in [9.17, 15) is 14.4 Å². The van der Waals surface area contributed by atoms with E-state index in [0.29, 0.717) is 48.7 Å². The summed E-state index contributed by atoms with van der Waals surface area (Å²) in [6.45, 7) is 13.1. The SMILES string of the molecule is CN1CCC[C@@H]1c1cc2cnc(NC(=O)c3ccc(OC4CCN(C(=O)OC(C)(C)C)CC4)nc3)cc2n1C(=O)OC(C)(C)C. The maximum Gasteiger partial charge on any atom is 0.419 e. The lowest BCUT2D eigenvalue weighted by molar-refractivity contribution is 0.0122. The number of hydrogen-bond donors (Lipinski definition) is 1. The number of anilines is 1. The van der Waals surface area contributed by atoms with Crippen LogP contribution >= 0.6 is 0 Å². The van der Waals surface area contributed by atoms with Crippen LogP contribution in [0, 0.1) is 0 Å². The molecule has 3 aromatic rings. The first-order chi connectivity index (χ1) is 21.2. The van der Waals surface area contributed by atoms with Gasteiger partial charge in [-0.2, -0.15) is 0 Å². The van der Waals surface area contributed by atoms with Gasteiger partial charge in [0.25, 0.3) is 5.91 Å². The molecule has 2 saturated heterocycles. The molecule has 0 bridgehead atoms. The summed E-state index contributed by atoms with van der Waals surface area (Å²) in [5, 5.41) is 3.61. The number of nitrogens with zero attached hydrogens (tertiary/aromatic N) is 5. The van der Waals surface area contributed by atoms with Crippen LogP contribution in [-0.2, 0) is 9.47 Å². The second-order valence-corrected chi connectivity index (χ2v) is 13.8. The zero-order valence-electron chi connectivity index (χ0n) is 27.3. The molecule has 0 radical (unpaired) electrons. The van der Waals surface area contributed by atoms with E-state index >= 15 is 0 Å². The Kier molecular flexibility index (Phi) is 9.06. The van der Waals surface area contributed by atoms with Crippen molar-refractivity contribution in [3.8, 4) is 5.88 Å². The molecule has 5 heterocycles. The second-order valence-electron chi connectivity index (χ2n) is 13.8. The van der Waals surface area contributed by atoms with Gasteiger partial charge in [0, 0.05) is 61.5 Å². The van der Waals surface area contributed by atoms with Gasteiger partial charge < -0.3 is 24.4 Å². The zero-order valence-corrected chi connectivity index (χ0v) is 27.3. The fraction of sp³-hybridized carbons (Fsp3) is 0.545. The predicted octanol–water partition coefficient (Wildman–Crippen LogP) is 6.01. The lowest BCUT2D eigenvalue weighted by Crippen LogP contribution is -2.44. The van der Waals surface area contributed by atoms with Gasteiger partial charge >= 0.3 is 12.2 Å². The van der Waals surface area contributed by atoms with Crippen LogP contribution in [0.2, 0.25) is 0 Å². The molecule has 0 aliphatic carbocycles. The summed E-state index contributed by atoms with van der Waals surface area (Å²) in [6, 6.07) is 7.05. The third-order valence-electron chi connectivity index (χ3n) is 7.77. The van der Waals surface area contributed by atoms with Crippen LogP contribution in [0.15, 0.2) is 36.7 Å². The highest BCUT2D eigenvalue weighted by Crippen LogP contribution is 2.35. The van der Waals surface area contributed by atoms with Crippen molar-refractivity contribution in [1.82, 2.24) is 24.3 Å². The summed E-state index contributed by atoms with van der Waals surface area (Å²) >= 11 is 0. The number of pyridine rings is 2. The maximum atomic E-state index is 13.4. The highest BCUT2D eigenvalue weighted by Gasteiger charge is 2.31. The molecule has 45 heavy (non-hydrogen) atoms. The molecule has 12 heteroatoms. The van der Waals surface area contributed by atoms with E-state index in [2.05, 4.69) is 27.2 Å². The number of nitrogens with one attached hydrogen (secondary N) is 1. The van der Waals surface area contributed by atoms with Crippen molar-refractivity contribution >= 4 is 34.8 Å². The largest absolute Gasteiger partial charge is 0.474 e. The minimum Gasteiger partial charge on any atom is -0.474 e. The first-order valence-corrected chi connectivity index (χ1v) is 15.5. The van der Waals surface area contributed by atoms with Gasteiger partial charge in [-0.3, -0.25) is 9.69 Å². The molecule has 0 unspecified atom stereocenters. The number of fused-ring (bicyclic) bond motifs is 1. The highest BCUT2D eigenvalue weighted by atomic mass is 16.6. The first kappa shape index (κ1) is 32.2. The molecule has 1 atom stereocenters. The van der Waals surface area contributed by atoms with Gasteiger partial charge in [-0.25, -0.2) is 24.1 Å². The Morgan fingerprint density at radius 1 is 0.867 bits per heavy atom. The Hall–Kier alpha value is -4.19. The molecule has 5 rings (SSSR count). The van der Waals surface area contributed by atoms with E-state index in [1.807, 2.05) is 47.6 Å². The summed E-state index contributed by atoms with van der Waals surface area (Å²) in [5.41, 5.74) is 0.590. The monoisotopic (exact) mass is 620 g/mol. The number of likely N-dealkylation sites (tertiary alicyclic amines) is 2. The average molecular weight is 621 g/mol. The zero-order chi connectivity index (χ0) is 32.5. The molecule has 12 nitrogen and oxygen atoms in total. The van der Waals surface area contributed by atoms with Gasteiger partial charge in [0.15, 0.2) is 0 Å². The topological polar surface area (TPSA) is 128 Å². The molecule has 242 valence electrons. The Bertz CT molecular complexity index is 1550. The number of amides is 2. The molecule has 1 N–H and O–H groups in total. The van der Waals surface area contributed by atoms with Crippen molar-refractivity contribution in [2.75, 3.05) is 32.0 Å². The molecule has 2 fully saturated rings. The molecule has 2 aliphatic heterocycles. The van der Waals surface area contributed by atoms with Crippen LogP contribution in [0.25, 0.3) is 10.9 Å². The number of aromatic nitrogens is 3. The minimum absolute atomic E-state index is 0.0762. The van der Waals surface area contributed by atoms with Crippen LogP contribution < -0.4 is 10.1 Å². The summed E-state index contributed by atoms with van der Waals surface area (Å²) in [6.07, 6.45) is 5.52. The van der Waals surface area contributed by atoms with Crippen LogP contribution in [-0.4, -0.2) is 86.4 Å². The van der Waals surface area contributed by atoms with Gasteiger partial charge in [-0.1, -0.05) is 0 Å². The van der Waals surface area contributed by atoms with Crippen molar-refractivity contribution in [2.45, 2.75) is 90.6 Å². The molecule has 0 saturated carbocycles. The Balaban J connectivity index is 1.25. The van der Waals surface area contributed by atoms with Crippen molar-refractivity contribution in [1.29, 1.82) is 0 Å². The van der Waals surface area contributed by atoms with Gasteiger partial charge in [0.1, 0.15) is 23.1 Å². The number of hydrogen-bond acceptors (Lipinski definition) is 9. The van der Waals surface area contributed by atoms with Crippen molar-refractivity contribution in [3.05, 3.63) is 47.9 Å². The second kappa shape index (κ2) is 12.7. The average Bonchev–Trinajstić information content (AvgIpc) is 3.54. The molecular formula is C33H44N6O6. The number of piperidine rings is 1. The minimum atomic E-state index is -0.670. The fourth-order valence-corrected chi connectivity index (χ4v) is 5.66. The van der Waals surface area contributed by atoms with Gasteiger partial charge in [-0.15, -0.1) is 0 Å². The standard InChI is InChI=1S/C33H44N6O6/c1-32(2,3)44-30(41)38-15-12-23(13-16-38)43-28-11-10-21(19-35-28)29(40)36-27-18-25-22(20-34-27)17-26(24-9-8-14-37(24)7)39(25)31(42)45-33(4,5)6/h10-11,17-20,23-24H,8-9,12-16H2,1-7H3,(H,34,36,40)/t24-/m1/s1. The predicted molar refractivity (Wildman–Crippen MR) is 170 cm³/mol. The van der Waals surface area contributed by atoms with Crippen LogP contribution in [0.3, 0.4) is 0 Å². The molecule has 2 amide bonds. The lowest BCUT2D eigenvalue weighted by Gasteiger charge is -2.33. The van der Waals surface area contributed by atoms with E-state index < -0.39 is 23.2 Å². The van der Waals surface area contributed by atoms with Gasteiger partial charge in [0.2, 0.25) is 5.88 Å². The van der Waals surface area contributed by atoms with Crippen molar-refractivity contribution in [2.24, 2.45) is 0 Å². The molecule has 2 aliphatic rings. The summed E-state index contributed by atoms with van der Waals surface area (Å²) in [5.74, 6) is 0.318. The number of ether oxygens (including phenoxy) is 3.